The highest BCUT2D eigenvalue weighted by Gasteiger charge is 2.40. The van der Waals surface area contributed by atoms with Crippen LogP contribution in [0.2, 0.25) is 0 Å². The van der Waals surface area contributed by atoms with Crippen LogP contribution < -0.4 is 10.6 Å². The summed E-state index contributed by atoms with van der Waals surface area (Å²) in [4.78, 5) is 12.0. The Kier molecular flexibility index (Phi) is 4.90. The van der Waals surface area contributed by atoms with Gasteiger partial charge in [0.05, 0.1) is 11.1 Å². The van der Waals surface area contributed by atoms with Crippen molar-refractivity contribution in [2.75, 3.05) is 18.1 Å². The molecule has 0 atom stereocenters. The molecule has 0 fully saturated rings. The summed E-state index contributed by atoms with van der Waals surface area (Å²) in [7, 11) is 0. The molecule has 0 aliphatic heterocycles. The van der Waals surface area contributed by atoms with Gasteiger partial charge in [0.15, 0.2) is 0 Å². The molecule has 12 heteroatoms. The lowest BCUT2D eigenvalue weighted by atomic mass is 10.1. The molecule has 0 spiro atoms. The molecule has 144 valence electrons. The van der Waals surface area contributed by atoms with E-state index in [0.717, 1.165) is 24.3 Å². The SMILES string of the molecule is O=c1cc(C(F)(F)F)c2ccccc2n1N(CC(F)(F)F)CC(F)(F)F. The van der Waals surface area contributed by atoms with E-state index < -0.39 is 53.6 Å². The molecule has 0 aliphatic rings. The highest BCUT2D eigenvalue weighted by atomic mass is 19.4. The van der Waals surface area contributed by atoms with Crippen LogP contribution in [0.5, 0.6) is 0 Å². The van der Waals surface area contributed by atoms with Gasteiger partial charge in [0.2, 0.25) is 0 Å². The zero-order valence-corrected chi connectivity index (χ0v) is 12.5. The first-order chi connectivity index (χ1) is 11.7. The molecule has 3 nitrogen and oxygen atoms in total. The van der Waals surface area contributed by atoms with Crippen molar-refractivity contribution in [3.05, 3.63) is 46.2 Å². The zero-order valence-electron chi connectivity index (χ0n) is 12.5. The summed E-state index contributed by atoms with van der Waals surface area (Å²) in [6.45, 7) is -4.36. The molecule has 26 heavy (non-hydrogen) atoms. The van der Waals surface area contributed by atoms with Crippen molar-refractivity contribution in [1.82, 2.24) is 4.68 Å². The molecule has 0 aliphatic carbocycles. The second-order valence-corrected chi connectivity index (χ2v) is 5.28. The smallest absolute Gasteiger partial charge is 0.291 e. The quantitative estimate of drug-likeness (QED) is 0.736. The first kappa shape index (κ1) is 19.9. The minimum Gasteiger partial charge on any atom is -0.291 e. The predicted molar refractivity (Wildman–Crippen MR) is 73.3 cm³/mol. The fourth-order valence-electron chi connectivity index (χ4n) is 2.40. The van der Waals surface area contributed by atoms with Crippen molar-refractivity contribution in [3.8, 4) is 0 Å². The second kappa shape index (κ2) is 6.40. The standard InChI is InChI=1S/C14H9F9N2O/c15-12(16,17)6-24(7-13(18,19)20)25-10-4-2-1-3-8(10)9(5-11(25)26)14(21,22)23/h1-5H,6-7H2. The van der Waals surface area contributed by atoms with Gasteiger partial charge in [-0.25, -0.2) is 4.68 Å². The molecule has 0 saturated carbocycles. The van der Waals surface area contributed by atoms with Crippen LogP contribution in [0.1, 0.15) is 5.56 Å². The van der Waals surface area contributed by atoms with E-state index >= 15 is 0 Å². The Labute approximate surface area is 139 Å². The molecule has 1 aromatic carbocycles. The van der Waals surface area contributed by atoms with E-state index in [1.54, 1.807) is 0 Å². The molecule has 0 saturated heterocycles. The number of pyridine rings is 1. The summed E-state index contributed by atoms with van der Waals surface area (Å²) in [6, 6.07) is 3.88. The first-order valence-electron chi connectivity index (χ1n) is 6.80. The van der Waals surface area contributed by atoms with Crippen LogP contribution in [0.15, 0.2) is 35.1 Å². The minimum atomic E-state index is -5.13. The average Bonchev–Trinajstić information content (AvgIpc) is 2.41. The lowest BCUT2D eigenvalue weighted by Gasteiger charge is -2.30. The third-order valence-corrected chi connectivity index (χ3v) is 3.21. The van der Waals surface area contributed by atoms with Crippen LogP contribution in [-0.2, 0) is 6.18 Å². The van der Waals surface area contributed by atoms with Crippen molar-refractivity contribution >= 4 is 10.9 Å². The molecule has 2 rings (SSSR count). The van der Waals surface area contributed by atoms with Gasteiger partial charge in [-0.05, 0) is 6.07 Å². The summed E-state index contributed by atoms with van der Waals surface area (Å²) in [5.74, 6) is 0. The van der Waals surface area contributed by atoms with Gasteiger partial charge in [0, 0.05) is 11.5 Å². The lowest BCUT2D eigenvalue weighted by molar-refractivity contribution is -0.143. The first-order valence-corrected chi connectivity index (χ1v) is 6.80. The van der Waals surface area contributed by atoms with E-state index in [-0.39, 0.29) is 15.8 Å². The Balaban J connectivity index is 2.77. The summed E-state index contributed by atoms with van der Waals surface area (Å²) in [5, 5.41) is -1.08. The fraction of sp³-hybridized carbons (Fsp3) is 0.357. The predicted octanol–water partition coefficient (Wildman–Crippen LogP) is 4.08. The Morgan fingerprint density at radius 3 is 1.81 bits per heavy atom. The molecule has 1 heterocycles. The van der Waals surface area contributed by atoms with Crippen LogP contribution in [0.4, 0.5) is 39.5 Å². The van der Waals surface area contributed by atoms with Crippen LogP contribution in [0.3, 0.4) is 0 Å². The Hall–Kier alpha value is -2.40. The van der Waals surface area contributed by atoms with Gasteiger partial charge in [-0.3, -0.25) is 9.80 Å². The number of alkyl halides is 9. The summed E-state index contributed by atoms with van der Waals surface area (Å²) >= 11 is 0. The number of para-hydroxylation sites is 1. The van der Waals surface area contributed by atoms with E-state index in [0.29, 0.717) is 0 Å². The van der Waals surface area contributed by atoms with E-state index in [9.17, 15) is 44.3 Å². The topological polar surface area (TPSA) is 25.2 Å². The van der Waals surface area contributed by atoms with Crippen molar-refractivity contribution in [2.45, 2.75) is 18.5 Å². The molecular weight excluding hydrogens is 383 g/mol. The Bertz CT molecular complexity index is 833. The highest BCUT2D eigenvalue weighted by Crippen LogP contribution is 2.34. The van der Waals surface area contributed by atoms with E-state index in [1.165, 1.54) is 0 Å². The molecule has 0 unspecified atom stereocenters. The van der Waals surface area contributed by atoms with E-state index in [4.69, 9.17) is 0 Å². The molecule has 2 aromatic rings. The van der Waals surface area contributed by atoms with Crippen molar-refractivity contribution < 1.29 is 39.5 Å². The number of hydrogen-bond donors (Lipinski definition) is 0. The molecule has 0 N–H and O–H groups in total. The monoisotopic (exact) mass is 392 g/mol. The highest BCUT2D eigenvalue weighted by molar-refractivity contribution is 5.83. The number of aromatic nitrogens is 1. The van der Waals surface area contributed by atoms with Crippen molar-refractivity contribution in [3.63, 3.8) is 0 Å². The normalized spacial score (nSPS) is 13.3. The maximum Gasteiger partial charge on any atom is 0.417 e. The Morgan fingerprint density at radius 2 is 1.35 bits per heavy atom. The third-order valence-electron chi connectivity index (χ3n) is 3.21. The number of rotatable bonds is 3. The molecule has 0 amide bonds. The van der Waals surface area contributed by atoms with Crippen LogP contribution in [0.25, 0.3) is 10.9 Å². The van der Waals surface area contributed by atoms with Crippen LogP contribution in [-0.4, -0.2) is 30.1 Å². The minimum absolute atomic E-state index is 0.0257. The van der Waals surface area contributed by atoms with Crippen molar-refractivity contribution in [1.29, 1.82) is 0 Å². The average molecular weight is 392 g/mol. The van der Waals surface area contributed by atoms with Crippen molar-refractivity contribution in [2.24, 2.45) is 0 Å². The number of hydrogen-bond acceptors (Lipinski definition) is 2. The molecule has 0 radical (unpaired) electrons. The van der Waals surface area contributed by atoms with Gasteiger partial charge < -0.3 is 0 Å². The summed E-state index contributed by atoms with van der Waals surface area (Å²) in [5.41, 5.74) is -3.83. The van der Waals surface area contributed by atoms with E-state index in [1.807, 2.05) is 0 Å². The summed E-state index contributed by atoms with van der Waals surface area (Å²) < 4.78 is 115. The van der Waals surface area contributed by atoms with Crippen LogP contribution in [0, 0.1) is 0 Å². The molecule has 0 bridgehead atoms. The largest absolute Gasteiger partial charge is 0.417 e. The van der Waals surface area contributed by atoms with Gasteiger partial charge in [-0.1, -0.05) is 18.2 Å². The fourth-order valence-corrected chi connectivity index (χ4v) is 2.40. The summed E-state index contributed by atoms with van der Waals surface area (Å²) in [6.07, 6.45) is -15.3. The van der Waals surface area contributed by atoms with Gasteiger partial charge in [0.1, 0.15) is 13.1 Å². The van der Waals surface area contributed by atoms with Crippen LogP contribution >= 0.6 is 0 Å². The number of nitrogens with zero attached hydrogens (tertiary/aromatic N) is 2. The second-order valence-electron chi connectivity index (χ2n) is 5.28. The zero-order chi connectivity index (χ0) is 19.9. The maximum absolute atomic E-state index is 13.1. The number of halogens is 9. The van der Waals surface area contributed by atoms with Gasteiger partial charge in [0.25, 0.3) is 5.56 Å². The van der Waals surface area contributed by atoms with Gasteiger partial charge >= 0.3 is 18.5 Å². The third kappa shape index (κ3) is 4.61. The number of fused-ring (bicyclic) bond motifs is 1. The Morgan fingerprint density at radius 1 is 0.846 bits per heavy atom. The van der Waals surface area contributed by atoms with Gasteiger partial charge in [-0.2, -0.15) is 39.5 Å². The maximum atomic E-state index is 13.1. The van der Waals surface area contributed by atoms with Gasteiger partial charge in [-0.15, -0.1) is 0 Å². The lowest BCUT2D eigenvalue weighted by Crippen LogP contribution is -2.51. The number of benzene rings is 1. The molecular formula is C14H9F9N2O. The molecule has 1 aromatic heterocycles. The van der Waals surface area contributed by atoms with E-state index in [2.05, 4.69) is 0 Å².